The van der Waals surface area contributed by atoms with Crippen LogP contribution in [0.1, 0.15) is 6.92 Å². The van der Waals surface area contributed by atoms with Crippen molar-refractivity contribution in [1.82, 2.24) is 0 Å². The zero-order valence-corrected chi connectivity index (χ0v) is 11.0. The highest BCUT2D eigenvalue weighted by Gasteiger charge is 2.44. The summed E-state index contributed by atoms with van der Waals surface area (Å²) in [6, 6.07) is 0. The lowest BCUT2D eigenvalue weighted by Crippen LogP contribution is -2.60. The zero-order valence-electron chi connectivity index (χ0n) is 11.0. The summed E-state index contributed by atoms with van der Waals surface area (Å²) >= 11 is 0. The molecular formula is C11H20O9. The first kappa shape index (κ1) is 17.2. The molecule has 1 saturated heterocycles. The SMILES string of the molecule is CC(=O)OCC(CO)OC1OC(CO)C(O)C(O)C1O. The number of rotatable bonds is 6. The summed E-state index contributed by atoms with van der Waals surface area (Å²) in [4.78, 5) is 10.7. The lowest BCUT2D eigenvalue weighted by Gasteiger charge is -2.40. The normalized spacial score (nSPS) is 35.6. The molecule has 1 heterocycles. The molecule has 1 rings (SSSR count). The Hall–Kier alpha value is -0.810. The van der Waals surface area contributed by atoms with Gasteiger partial charge in [-0.15, -0.1) is 0 Å². The molecule has 0 aliphatic carbocycles. The van der Waals surface area contributed by atoms with Gasteiger partial charge in [0, 0.05) is 6.92 Å². The minimum atomic E-state index is -1.57. The van der Waals surface area contributed by atoms with E-state index >= 15 is 0 Å². The third kappa shape index (κ3) is 4.35. The fourth-order valence-corrected chi connectivity index (χ4v) is 1.71. The minimum Gasteiger partial charge on any atom is -0.463 e. The van der Waals surface area contributed by atoms with Gasteiger partial charge in [-0.05, 0) is 0 Å². The molecule has 0 spiro atoms. The number of aliphatic hydroxyl groups excluding tert-OH is 5. The Morgan fingerprint density at radius 2 is 1.85 bits per heavy atom. The molecule has 0 amide bonds. The van der Waals surface area contributed by atoms with E-state index in [0.717, 1.165) is 0 Å². The number of carbonyl (C=O) groups excluding carboxylic acids is 1. The summed E-state index contributed by atoms with van der Waals surface area (Å²) in [5, 5.41) is 46.9. The summed E-state index contributed by atoms with van der Waals surface area (Å²) in [6.07, 6.45) is -8.08. The van der Waals surface area contributed by atoms with E-state index in [1.807, 2.05) is 0 Å². The molecule has 1 fully saturated rings. The largest absolute Gasteiger partial charge is 0.463 e. The lowest BCUT2D eigenvalue weighted by molar-refractivity contribution is -0.315. The van der Waals surface area contributed by atoms with Crippen molar-refractivity contribution < 1.29 is 44.5 Å². The van der Waals surface area contributed by atoms with Crippen LogP contribution in [0, 0.1) is 0 Å². The summed E-state index contributed by atoms with van der Waals surface area (Å²) in [6.45, 7) is -0.177. The van der Waals surface area contributed by atoms with Gasteiger partial charge in [-0.1, -0.05) is 0 Å². The van der Waals surface area contributed by atoms with Gasteiger partial charge >= 0.3 is 5.97 Å². The van der Waals surface area contributed by atoms with Gasteiger partial charge in [0.15, 0.2) is 6.29 Å². The van der Waals surface area contributed by atoms with Crippen molar-refractivity contribution in [3.8, 4) is 0 Å². The second-order valence-corrected chi connectivity index (χ2v) is 4.44. The average Bonchev–Trinajstić information content (AvgIpc) is 2.43. The van der Waals surface area contributed by atoms with Crippen LogP contribution in [0.3, 0.4) is 0 Å². The quantitative estimate of drug-likeness (QED) is 0.318. The Morgan fingerprint density at radius 1 is 1.20 bits per heavy atom. The summed E-state index contributed by atoms with van der Waals surface area (Å²) in [5.41, 5.74) is 0. The van der Waals surface area contributed by atoms with Gasteiger partial charge in [-0.3, -0.25) is 4.79 Å². The molecule has 1 aliphatic rings. The molecule has 6 unspecified atom stereocenters. The molecule has 0 bridgehead atoms. The Labute approximate surface area is 115 Å². The highest BCUT2D eigenvalue weighted by molar-refractivity contribution is 5.65. The van der Waals surface area contributed by atoms with Gasteiger partial charge in [0.25, 0.3) is 0 Å². The van der Waals surface area contributed by atoms with Crippen molar-refractivity contribution in [3.63, 3.8) is 0 Å². The fourth-order valence-electron chi connectivity index (χ4n) is 1.71. The van der Waals surface area contributed by atoms with Gasteiger partial charge in [0.05, 0.1) is 13.2 Å². The summed E-state index contributed by atoms with van der Waals surface area (Å²) in [7, 11) is 0. The second kappa shape index (κ2) is 7.84. The maximum atomic E-state index is 10.7. The van der Waals surface area contributed by atoms with Gasteiger partial charge in [-0.25, -0.2) is 0 Å². The number of hydrogen-bond acceptors (Lipinski definition) is 9. The van der Waals surface area contributed by atoms with Crippen molar-refractivity contribution in [2.75, 3.05) is 19.8 Å². The Kier molecular flexibility index (Phi) is 6.76. The van der Waals surface area contributed by atoms with Crippen LogP contribution in [0.5, 0.6) is 0 Å². The molecule has 0 aromatic heterocycles. The molecule has 0 saturated carbocycles. The molecule has 20 heavy (non-hydrogen) atoms. The van der Waals surface area contributed by atoms with Crippen molar-refractivity contribution in [3.05, 3.63) is 0 Å². The summed E-state index contributed by atoms with van der Waals surface area (Å²) in [5.74, 6) is -0.569. The van der Waals surface area contributed by atoms with Gasteiger partial charge in [-0.2, -0.15) is 0 Å². The Bertz CT molecular complexity index is 308. The highest BCUT2D eigenvalue weighted by atomic mass is 16.7. The Morgan fingerprint density at radius 3 is 2.35 bits per heavy atom. The third-order valence-electron chi connectivity index (χ3n) is 2.85. The summed E-state index contributed by atoms with van der Waals surface area (Å²) < 4.78 is 14.9. The first-order valence-electron chi connectivity index (χ1n) is 6.10. The molecule has 9 nitrogen and oxygen atoms in total. The van der Waals surface area contributed by atoms with Crippen LogP contribution >= 0.6 is 0 Å². The third-order valence-corrected chi connectivity index (χ3v) is 2.85. The van der Waals surface area contributed by atoms with Gasteiger partial charge in [0.2, 0.25) is 0 Å². The number of esters is 1. The lowest BCUT2D eigenvalue weighted by atomic mass is 9.99. The molecule has 0 radical (unpaired) electrons. The van der Waals surface area contributed by atoms with Crippen LogP contribution in [0.25, 0.3) is 0 Å². The topological polar surface area (TPSA) is 146 Å². The van der Waals surface area contributed by atoms with Crippen LogP contribution in [-0.4, -0.2) is 88.1 Å². The van der Waals surface area contributed by atoms with E-state index in [0.29, 0.717) is 0 Å². The maximum Gasteiger partial charge on any atom is 0.302 e. The van der Waals surface area contributed by atoms with E-state index in [1.54, 1.807) is 0 Å². The predicted octanol–water partition coefficient (Wildman–Crippen LogP) is -3.27. The molecule has 0 aromatic carbocycles. The van der Waals surface area contributed by atoms with E-state index < -0.39 is 56.0 Å². The molecule has 9 heteroatoms. The molecule has 6 atom stereocenters. The standard InChI is InChI=1S/C11H20O9/c1-5(14)18-4-6(2-12)19-11-10(17)9(16)8(15)7(3-13)20-11/h6-13,15-17H,2-4H2,1H3. The smallest absolute Gasteiger partial charge is 0.302 e. The number of aliphatic hydroxyl groups is 5. The monoisotopic (exact) mass is 296 g/mol. The first-order valence-corrected chi connectivity index (χ1v) is 6.10. The molecule has 0 aromatic rings. The van der Waals surface area contributed by atoms with E-state index in [9.17, 15) is 20.1 Å². The van der Waals surface area contributed by atoms with Gasteiger partial charge in [0.1, 0.15) is 37.1 Å². The zero-order chi connectivity index (χ0) is 15.3. The van der Waals surface area contributed by atoms with E-state index in [2.05, 4.69) is 4.74 Å². The average molecular weight is 296 g/mol. The molecule has 118 valence electrons. The van der Waals surface area contributed by atoms with Crippen LogP contribution in [-0.2, 0) is 19.0 Å². The van der Waals surface area contributed by atoms with E-state index in [1.165, 1.54) is 6.92 Å². The molecule has 5 N–H and O–H groups in total. The van der Waals surface area contributed by atoms with Crippen LogP contribution < -0.4 is 0 Å². The first-order chi connectivity index (χ1) is 9.40. The number of carbonyl (C=O) groups is 1. The van der Waals surface area contributed by atoms with Crippen LogP contribution in [0.2, 0.25) is 0 Å². The Balaban J connectivity index is 2.61. The second-order valence-electron chi connectivity index (χ2n) is 4.44. The van der Waals surface area contributed by atoms with E-state index in [4.69, 9.17) is 19.7 Å². The number of ether oxygens (including phenoxy) is 3. The molecular weight excluding hydrogens is 276 g/mol. The number of hydrogen-bond donors (Lipinski definition) is 5. The molecule has 1 aliphatic heterocycles. The van der Waals surface area contributed by atoms with Crippen molar-refractivity contribution >= 4 is 5.97 Å². The fraction of sp³-hybridized carbons (Fsp3) is 0.909. The van der Waals surface area contributed by atoms with E-state index in [-0.39, 0.29) is 6.61 Å². The minimum absolute atomic E-state index is 0.263. The maximum absolute atomic E-state index is 10.7. The van der Waals surface area contributed by atoms with Gasteiger partial charge < -0.3 is 39.7 Å². The van der Waals surface area contributed by atoms with Crippen molar-refractivity contribution in [2.45, 2.75) is 43.7 Å². The predicted molar refractivity (Wildman–Crippen MR) is 62.4 cm³/mol. The van der Waals surface area contributed by atoms with Crippen molar-refractivity contribution in [1.29, 1.82) is 0 Å². The van der Waals surface area contributed by atoms with Crippen molar-refractivity contribution in [2.24, 2.45) is 0 Å². The highest BCUT2D eigenvalue weighted by Crippen LogP contribution is 2.22. The van der Waals surface area contributed by atoms with Crippen LogP contribution in [0.15, 0.2) is 0 Å². The van der Waals surface area contributed by atoms with Crippen LogP contribution in [0.4, 0.5) is 0 Å².